The molecule has 2 atom stereocenters. The summed E-state index contributed by atoms with van der Waals surface area (Å²) in [7, 11) is -7.86. The molecule has 0 spiro atoms. The molecule has 0 saturated carbocycles. The van der Waals surface area contributed by atoms with Crippen LogP contribution in [0.25, 0.3) is 0 Å². The van der Waals surface area contributed by atoms with Crippen molar-refractivity contribution in [2.45, 2.75) is 59.2 Å². The number of nitrogens with one attached hydrogen (secondary N) is 2. The van der Waals surface area contributed by atoms with Crippen LogP contribution in [0, 0.1) is 10.1 Å². The van der Waals surface area contributed by atoms with Crippen LogP contribution >= 0.6 is 11.3 Å². The molecule has 11 nitrogen and oxygen atoms in total. The Labute approximate surface area is 172 Å². The first-order chi connectivity index (χ1) is 13.5. The number of hydrogen-bond donors (Lipinski definition) is 2. The van der Waals surface area contributed by atoms with E-state index >= 15 is 0 Å². The molecule has 14 heteroatoms. The van der Waals surface area contributed by atoms with Crippen molar-refractivity contribution < 1.29 is 31.6 Å². The third kappa shape index (κ3) is 5.65. The molecule has 1 aromatic heterocycles. The molecule has 164 valence electrons. The van der Waals surface area contributed by atoms with Gasteiger partial charge < -0.3 is 10.2 Å². The first-order valence-electron chi connectivity index (χ1n) is 8.93. The lowest BCUT2D eigenvalue weighted by atomic mass is 10.1. The number of hydrogen-bond acceptors (Lipinski definition) is 10. The molecular formula is C15H23N3O8S3. The summed E-state index contributed by atoms with van der Waals surface area (Å²) in [5.41, 5.74) is 0.403. The Morgan fingerprint density at radius 3 is 2.72 bits per heavy atom. The van der Waals surface area contributed by atoms with Crippen molar-refractivity contribution >= 4 is 37.1 Å². The van der Waals surface area contributed by atoms with E-state index in [1.807, 2.05) is 11.6 Å². The number of carbonyl (C=O) groups excluding carboxylic acids is 1. The van der Waals surface area contributed by atoms with Crippen LogP contribution in [-0.2, 0) is 29.5 Å². The zero-order valence-corrected chi connectivity index (χ0v) is 18.4. The van der Waals surface area contributed by atoms with Gasteiger partial charge >= 0.3 is 0 Å². The molecule has 0 aromatic carbocycles. The third-order valence-electron chi connectivity index (χ3n) is 4.39. The van der Waals surface area contributed by atoms with E-state index in [0.29, 0.717) is 29.9 Å². The molecule has 1 aromatic rings. The smallest absolute Gasteiger partial charge is 0.294 e. The molecule has 1 aliphatic heterocycles. The van der Waals surface area contributed by atoms with Crippen LogP contribution in [0.15, 0.2) is 14.5 Å². The highest BCUT2D eigenvalue weighted by molar-refractivity contribution is 7.95. The normalized spacial score (nSPS) is 20.6. The number of thiophene rings is 1. The van der Waals surface area contributed by atoms with Crippen molar-refractivity contribution in [3.8, 4) is 0 Å². The van der Waals surface area contributed by atoms with E-state index in [2.05, 4.69) is 10.2 Å². The maximum absolute atomic E-state index is 12.6. The number of rotatable bonds is 10. The first-order valence-corrected chi connectivity index (χ1v) is 12.8. The van der Waals surface area contributed by atoms with Crippen molar-refractivity contribution in [1.82, 2.24) is 10.0 Å². The van der Waals surface area contributed by atoms with Gasteiger partial charge in [-0.15, -0.1) is 21.5 Å². The fourth-order valence-corrected chi connectivity index (χ4v) is 7.96. The molecule has 0 radical (unpaired) electrons. The van der Waals surface area contributed by atoms with Gasteiger partial charge in [-0.2, -0.15) is 0 Å². The molecule has 1 unspecified atom stereocenters. The Morgan fingerprint density at radius 2 is 2.10 bits per heavy atom. The van der Waals surface area contributed by atoms with Gasteiger partial charge in [-0.1, -0.05) is 6.92 Å². The molecule has 1 aliphatic rings. The molecule has 2 N–H and O–H groups in total. The average molecular weight is 470 g/mol. The monoisotopic (exact) mass is 469 g/mol. The Kier molecular flexibility index (Phi) is 7.59. The number of sulfonamides is 1. The summed E-state index contributed by atoms with van der Waals surface area (Å²) in [5.74, 6) is -0.781. The molecule has 2 rings (SSSR count). The Balaban J connectivity index is 2.12. The summed E-state index contributed by atoms with van der Waals surface area (Å²) in [5, 5.41) is 11.6. The van der Waals surface area contributed by atoms with Crippen LogP contribution in [0.2, 0.25) is 0 Å². The van der Waals surface area contributed by atoms with E-state index in [-0.39, 0.29) is 40.3 Å². The molecule has 0 bridgehead atoms. The van der Waals surface area contributed by atoms with Gasteiger partial charge in [-0.25, -0.2) is 21.6 Å². The third-order valence-corrected chi connectivity index (χ3v) is 10.1. The van der Waals surface area contributed by atoms with Crippen molar-refractivity contribution in [3.63, 3.8) is 0 Å². The van der Waals surface area contributed by atoms with Crippen LogP contribution in [0.4, 0.5) is 0 Å². The van der Waals surface area contributed by atoms with Gasteiger partial charge in [-0.05, 0) is 38.8 Å². The maximum atomic E-state index is 12.6. The maximum Gasteiger partial charge on any atom is 0.294 e. The minimum Gasteiger partial charge on any atom is -0.314 e. The fraction of sp³-hybridized carbons (Fsp3) is 0.667. The molecular weight excluding hydrogens is 446 g/mol. The van der Waals surface area contributed by atoms with Gasteiger partial charge in [0.15, 0.2) is 9.84 Å². The highest BCUT2D eigenvalue weighted by Crippen LogP contribution is 2.42. The molecule has 1 amide bonds. The number of unbranched alkanes of at least 4 members (excludes halogenated alkanes) is 1. The summed E-state index contributed by atoms with van der Waals surface area (Å²) < 4.78 is 52.0. The highest BCUT2D eigenvalue weighted by Gasteiger charge is 2.39. The van der Waals surface area contributed by atoms with Gasteiger partial charge in [0.2, 0.25) is 5.91 Å². The summed E-state index contributed by atoms with van der Waals surface area (Å²) in [4.78, 5) is 26.1. The largest absolute Gasteiger partial charge is 0.314 e. The summed E-state index contributed by atoms with van der Waals surface area (Å²) in [6, 6.07) is 1.02. The van der Waals surface area contributed by atoms with Crippen LogP contribution in [0.5, 0.6) is 0 Å². The Bertz CT molecular complexity index is 971. The number of fused-ring (bicyclic) bond motifs is 1. The Hall–Kier alpha value is -1.77. The fourth-order valence-electron chi connectivity index (χ4n) is 2.95. The quantitative estimate of drug-likeness (QED) is 0.291. The van der Waals surface area contributed by atoms with Crippen LogP contribution in [0.3, 0.4) is 0 Å². The number of nitrogens with zero attached hydrogens (tertiary/aromatic N) is 1. The zero-order valence-electron chi connectivity index (χ0n) is 15.9. The van der Waals surface area contributed by atoms with E-state index in [1.54, 1.807) is 6.92 Å². The molecule has 2 heterocycles. The topological polar surface area (TPSA) is 162 Å². The zero-order chi connectivity index (χ0) is 21.8. The van der Waals surface area contributed by atoms with Crippen molar-refractivity contribution in [2.24, 2.45) is 0 Å². The van der Waals surface area contributed by atoms with E-state index in [1.165, 1.54) is 6.07 Å². The van der Waals surface area contributed by atoms with Crippen LogP contribution in [0.1, 0.15) is 51.1 Å². The predicted octanol–water partition coefficient (Wildman–Crippen LogP) is 1.15. The summed E-state index contributed by atoms with van der Waals surface area (Å²) in [6.07, 6.45) is 0.575. The average Bonchev–Trinajstić information content (AvgIpc) is 3.07. The second kappa shape index (κ2) is 9.36. The molecule has 0 fully saturated rings. The Morgan fingerprint density at radius 1 is 1.41 bits per heavy atom. The first kappa shape index (κ1) is 23.5. The minimum absolute atomic E-state index is 0.00644. The molecule has 0 saturated heterocycles. The van der Waals surface area contributed by atoms with Gasteiger partial charge in [0.1, 0.15) is 8.42 Å². The van der Waals surface area contributed by atoms with Crippen molar-refractivity contribution in [3.05, 3.63) is 21.7 Å². The SMILES string of the molecule is CCN[C@H]1CC(C)S(=O)(=O)c2sc(S(=O)(=O)NC(=O)CCCCO[N+](=O)[O-])cc21. The van der Waals surface area contributed by atoms with Crippen LogP contribution in [-0.4, -0.2) is 46.2 Å². The van der Waals surface area contributed by atoms with E-state index < -0.39 is 36.1 Å². The lowest BCUT2D eigenvalue weighted by molar-refractivity contribution is -0.757. The number of carbonyl (C=O) groups is 1. The summed E-state index contributed by atoms with van der Waals surface area (Å²) >= 11 is 0.634. The van der Waals surface area contributed by atoms with Crippen LogP contribution < -0.4 is 10.0 Å². The van der Waals surface area contributed by atoms with E-state index in [4.69, 9.17) is 0 Å². The lowest BCUT2D eigenvalue weighted by Crippen LogP contribution is -2.33. The summed E-state index contributed by atoms with van der Waals surface area (Å²) in [6.45, 7) is 3.85. The van der Waals surface area contributed by atoms with Gasteiger partial charge in [-0.3, -0.25) is 4.79 Å². The van der Waals surface area contributed by atoms with Gasteiger partial charge in [0.25, 0.3) is 15.1 Å². The van der Waals surface area contributed by atoms with Crippen molar-refractivity contribution in [1.29, 1.82) is 0 Å². The van der Waals surface area contributed by atoms with E-state index in [0.717, 1.165) is 0 Å². The lowest BCUT2D eigenvalue weighted by Gasteiger charge is -2.27. The van der Waals surface area contributed by atoms with Crippen molar-refractivity contribution in [2.75, 3.05) is 13.2 Å². The second-order valence-electron chi connectivity index (χ2n) is 6.55. The minimum atomic E-state index is -4.23. The highest BCUT2D eigenvalue weighted by atomic mass is 32.3. The molecule has 29 heavy (non-hydrogen) atoms. The van der Waals surface area contributed by atoms with E-state index in [9.17, 15) is 31.7 Å². The number of amides is 1. The van der Waals surface area contributed by atoms with Gasteiger partial charge in [0, 0.05) is 18.0 Å². The van der Waals surface area contributed by atoms with Gasteiger partial charge in [0.05, 0.1) is 11.9 Å². The molecule has 0 aliphatic carbocycles. The standard InChI is InChI=1S/C15H23N3O8S3/c1-3-16-12-8-10(2)28(22,23)15-11(12)9-14(27-15)29(24,25)17-13(19)6-4-5-7-26-18(20)21/h9-10,12,16H,3-8H2,1-2H3,(H,17,19)/t10?,12-/m0/s1. The second-order valence-corrected chi connectivity index (χ2v) is 12.1. The predicted molar refractivity (Wildman–Crippen MR) is 104 cm³/mol. The number of sulfone groups is 1.